The van der Waals surface area contributed by atoms with Crippen LogP contribution < -0.4 is 4.74 Å². The Bertz CT molecular complexity index is 513. The maximum Gasteiger partial charge on any atom is 0.307 e. The molecule has 0 aliphatic heterocycles. The fourth-order valence-corrected chi connectivity index (χ4v) is 2.53. The summed E-state index contributed by atoms with van der Waals surface area (Å²) < 4.78 is 10.4. The number of nitrogens with zero attached hydrogens (tertiary/aromatic N) is 1. The molecular formula is C20H31NO4. The summed E-state index contributed by atoms with van der Waals surface area (Å²) in [5, 5.41) is 0. The Balaban J connectivity index is 2.61. The average Bonchev–Trinajstić information content (AvgIpc) is 2.60. The highest BCUT2D eigenvalue weighted by Crippen LogP contribution is 2.13. The number of ether oxygens (including phenoxy) is 2. The lowest BCUT2D eigenvalue weighted by Gasteiger charge is -2.22. The molecule has 0 saturated carbocycles. The molecule has 0 atom stereocenters. The number of hydrogen-bond donors (Lipinski definition) is 0. The van der Waals surface area contributed by atoms with Gasteiger partial charge in [-0.05, 0) is 38.0 Å². The summed E-state index contributed by atoms with van der Waals surface area (Å²) in [6, 6.07) is 7.59. The van der Waals surface area contributed by atoms with Crippen molar-refractivity contribution in [3.63, 3.8) is 0 Å². The van der Waals surface area contributed by atoms with Gasteiger partial charge in [-0.25, -0.2) is 0 Å². The van der Waals surface area contributed by atoms with E-state index in [0.29, 0.717) is 32.7 Å². The Kier molecular flexibility index (Phi) is 10.4. The zero-order chi connectivity index (χ0) is 18.5. The lowest BCUT2D eigenvalue weighted by atomic mass is 10.1. The molecule has 0 unspecified atom stereocenters. The van der Waals surface area contributed by atoms with Crippen LogP contribution in [0.5, 0.6) is 5.75 Å². The third kappa shape index (κ3) is 8.57. The topological polar surface area (TPSA) is 55.8 Å². The molecule has 0 aromatic heterocycles. The highest BCUT2D eigenvalue weighted by atomic mass is 16.5. The lowest BCUT2D eigenvalue weighted by Crippen LogP contribution is -2.35. The van der Waals surface area contributed by atoms with Gasteiger partial charge in [0, 0.05) is 13.1 Å². The first kappa shape index (κ1) is 21.0. The second-order valence-corrected chi connectivity index (χ2v) is 5.90. The average molecular weight is 349 g/mol. The lowest BCUT2D eigenvalue weighted by molar-refractivity contribution is -0.144. The number of esters is 1. The van der Waals surface area contributed by atoms with E-state index in [9.17, 15) is 9.59 Å². The van der Waals surface area contributed by atoms with Crippen LogP contribution in [-0.4, -0.2) is 43.1 Å². The molecule has 0 saturated heterocycles. The van der Waals surface area contributed by atoms with Gasteiger partial charge in [0.05, 0.1) is 26.1 Å². The van der Waals surface area contributed by atoms with Crippen LogP contribution in [0.3, 0.4) is 0 Å². The number of carbonyl (C=O) groups is 2. The van der Waals surface area contributed by atoms with Crippen LogP contribution in [-0.2, 0) is 20.7 Å². The summed E-state index contributed by atoms with van der Waals surface area (Å²) in [6.45, 7) is 7.95. The maximum atomic E-state index is 12.6. The van der Waals surface area contributed by atoms with E-state index >= 15 is 0 Å². The van der Waals surface area contributed by atoms with Crippen molar-refractivity contribution < 1.29 is 19.1 Å². The van der Waals surface area contributed by atoms with Gasteiger partial charge in [0.1, 0.15) is 5.75 Å². The van der Waals surface area contributed by atoms with Crippen molar-refractivity contribution in [1.82, 2.24) is 4.90 Å². The molecule has 0 bridgehead atoms. The molecule has 5 nitrogen and oxygen atoms in total. The molecule has 25 heavy (non-hydrogen) atoms. The standard InChI is InChI=1S/C20H31NO4/c1-4-7-8-14-21(15-13-20(23)25-6-3)19(22)16-17-9-11-18(12-10-17)24-5-2/h9-12H,4-8,13-16H2,1-3H3. The SMILES string of the molecule is CCCCCN(CCC(=O)OCC)C(=O)Cc1ccc(OCC)cc1. The number of amides is 1. The Morgan fingerprint density at radius 1 is 0.960 bits per heavy atom. The van der Waals surface area contributed by atoms with Crippen molar-refractivity contribution in [2.75, 3.05) is 26.3 Å². The van der Waals surface area contributed by atoms with Gasteiger partial charge in [-0.2, -0.15) is 0 Å². The first-order valence-electron chi connectivity index (χ1n) is 9.25. The van der Waals surface area contributed by atoms with Crippen molar-refractivity contribution in [1.29, 1.82) is 0 Å². The second kappa shape index (κ2) is 12.3. The van der Waals surface area contributed by atoms with E-state index < -0.39 is 0 Å². The Hall–Kier alpha value is -2.04. The summed E-state index contributed by atoms with van der Waals surface area (Å²) in [6.07, 6.45) is 3.70. The maximum absolute atomic E-state index is 12.6. The van der Waals surface area contributed by atoms with Crippen molar-refractivity contribution in [2.24, 2.45) is 0 Å². The first-order valence-corrected chi connectivity index (χ1v) is 9.25. The summed E-state index contributed by atoms with van der Waals surface area (Å²) in [7, 11) is 0. The van der Waals surface area contributed by atoms with Crippen LogP contribution >= 0.6 is 0 Å². The van der Waals surface area contributed by atoms with E-state index in [-0.39, 0.29) is 18.3 Å². The van der Waals surface area contributed by atoms with E-state index in [4.69, 9.17) is 9.47 Å². The summed E-state index contributed by atoms with van der Waals surface area (Å²) in [5.41, 5.74) is 0.949. The number of carbonyl (C=O) groups excluding carboxylic acids is 2. The minimum absolute atomic E-state index is 0.0459. The predicted molar refractivity (Wildman–Crippen MR) is 98.7 cm³/mol. The number of rotatable bonds is 12. The molecular weight excluding hydrogens is 318 g/mol. The molecule has 0 heterocycles. The van der Waals surface area contributed by atoms with Gasteiger partial charge in [0.15, 0.2) is 0 Å². The summed E-state index contributed by atoms with van der Waals surface area (Å²) >= 11 is 0. The normalized spacial score (nSPS) is 10.4. The minimum Gasteiger partial charge on any atom is -0.494 e. The van der Waals surface area contributed by atoms with E-state index in [2.05, 4.69) is 6.92 Å². The van der Waals surface area contributed by atoms with Crippen LogP contribution in [0.15, 0.2) is 24.3 Å². The van der Waals surface area contributed by atoms with Crippen LogP contribution in [0.2, 0.25) is 0 Å². The Labute approximate surface area is 151 Å². The highest BCUT2D eigenvalue weighted by Gasteiger charge is 2.15. The van der Waals surface area contributed by atoms with Gasteiger partial charge >= 0.3 is 5.97 Å². The number of benzene rings is 1. The van der Waals surface area contributed by atoms with Crippen LogP contribution in [0.25, 0.3) is 0 Å². The third-order valence-corrected chi connectivity index (χ3v) is 3.87. The van der Waals surface area contributed by atoms with Gasteiger partial charge in [-0.1, -0.05) is 31.9 Å². The van der Waals surface area contributed by atoms with E-state index in [1.54, 1.807) is 11.8 Å². The molecule has 0 aliphatic carbocycles. The minimum atomic E-state index is -0.253. The fraction of sp³-hybridized carbons (Fsp3) is 0.600. The quantitative estimate of drug-likeness (QED) is 0.427. The Morgan fingerprint density at radius 2 is 1.68 bits per heavy atom. The second-order valence-electron chi connectivity index (χ2n) is 5.90. The van der Waals surface area contributed by atoms with Crippen molar-refractivity contribution in [3.05, 3.63) is 29.8 Å². The molecule has 0 N–H and O–H groups in total. The fourth-order valence-electron chi connectivity index (χ4n) is 2.53. The molecule has 1 aromatic rings. The zero-order valence-electron chi connectivity index (χ0n) is 15.8. The van der Waals surface area contributed by atoms with E-state index in [0.717, 1.165) is 30.6 Å². The van der Waals surface area contributed by atoms with E-state index in [1.807, 2.05) is 31.2 Å². The summed E-state index contributed by atoms with van der Waals surface area (Å²) in [5.74, 6) is 0.599. The highest BCUT2D eigenvalue weighted by molar-refractivity contribution is 5.79. The van der Waals surface area contributed by atoms with Crippen molar-refractivity contribution in [2.45, 2.75) is 52.9 Å². The van der Waals surface area contributed by atoms with Crippen LogP contribution in [0.4, 0.5) is 0 Å². The molecule has 1 aromatic carbocycles. The third-order valence-electron chi connectivity index (χ3n) is 3.87. The van der Waals surface area contributed by atoms with Crippen molar-refractivity contribution >= 4 is 11.9 Å². The van der Waals surface area contributed by atoms with Gasteiger partial charge in [-0.3, -0.25) is 9.59 Å². The van der Waals surface area contributed by atoms with Gasteiger partial charge in [0.2, 0.25) is 5.91 Å². The molecule has 0 aliphatic rings. The molecule has 1 amide bonds. The molecule has 140 valence electrons. The molecule has 0 fully saturated rings. The van der Waals surface area contributed by atoms with Crippen molar-refractivity contribution in [3.8, 4) is 5.75 Å². The molecule has 0 spiro atoms. The predicted octanol–water partition coefficient (Wildman–Crippen LogP) is 3.60. The molecule has 5 heteroatoms. The van der Waals surface area contributed by atoms with Gasteiger partial charge < -0.3 is 14.4 Å². The summed E-state index contributed by atoms with van der Waals surface area (Å²) in [4.78, 5) is 26.0. The number of hydrogen-bond acceptors (Lipinski definition) is 4. The van der Waals surface area contributed by atoms with Gasteiger partial charge in [0.25, 0.3) is 0 Å². The first-order chi connectivity index (χ1) is 12.1. The number of unbranched alkanes of at least 4 members (excludes halogenated alkanes) is 2. The van der Waals surface area contributed by atoms with Gasteiger partial charge in [-0.15, -0.1) is 0 Å². The van der Waals surface area contributed by atoms with Crippen LogP contribution in [0.1, 0.15) is 52.0 Å². The van der Waals surface area contributed by atoms with Crippen LogP contribution in [0, 0.1) is 0 Å². The monoisotopic (exact) mass is 349 g/mol. The largest absolute Gasteiger partial charge is 0.494 e. The molecule has 0 radical (unpaired) electrons. The zero-order valence-corrected chi connectivity index (χ0v) is 15.8. The van der Waals surface area contributed by atoms with E-state index in [1.165, 1.54) is 0 Å². The Morgan fingerprint density at radius 3 is 2.28 bits per heavy atom. The smallest absolute Gasteiger partial charge is 0.307 e. The molecule has 1 rings (SSSR count).